The molecule has 0 spiro atoms. The zero-order chi connectivity index (χ0) is 28.6. The molecule has 7 nitrogen and oxygen atoms in total. The van der Waals surface area contributed by atoms with E-state index in [0.717, 1.165) is 21.9 Å². The maximum absolute atomic E-state index is 14.0. The fourth-order valence-corrected chi connectivity index (χ4v) is 6.02. The summed E-state index contributed by atoms with van der Waals surface area (Å²) in [5, 5.41) is 3.34. The lowest BCUT2D eigenvalue weighted by molar-refractivity contribution is -0.140. The maximum Gasteiger partial charge on any atom is 0.264 e. The van der Waals surface area contributed by atoms with Gasteiger partial charge in [-0.25, -0.2) is 8.42 Å². The number of hydrogen-bond donors (Lipinski definition) is 1. The third-order valence-electron chi connectivity index (χ3n) is 6.45. The first-order chi connectivity index (χ1) is 18.6. The van der Waals surface area contributed by atoms with Crippen molar-refractivity contribution in [2.75, 3.05) is 17.4 Å². The molecule has 0 aliphatic heterocycles. The molecular formula is C30H36ClN3O4S. The minimum atomic E-state index is -4.13. The van der Waals surface area contributed by atoms with Crippen LogP contribution >= 0.6 is 11.6 Å². The second-order valence-corrected chi connectivity index (χ2v) is 11.8. The number of carbonyl (C=O) groups is 2. The lowest BCUT2D eigenvalue weighted by Gasteiger charge is -2.33. The van der Waals surface area contributed by atoms with Crippen molar-refractivity contribution >= 4 is 39.1 Å². The van der Waals surface area contributed by atoms with E-state index in [2.05, 4.69) is 5.32 Å². The first-order valence-electron chi connectivity index (χ1n) is 13.0. The van der Waals surface area contributed by atoms with Crippen LogP contribution in [0.3, 0.4) is 0 Å². The van der Waals surface area contributed by atoms with Gasteiger partial charge in [-0.1, -0.05) is 73.5 Å². The van der Waals surface area contributed by atoms with E-state index in [1.165, 1.54) is 17.0 Å². The van der Waals surface area contributed by atoms with Gasteiger partial charge < -0.3 is 10.2 Å². The van der Waals surface area contributed by atoms with E-state index < -0.39 is 28.5 Å². The van der Waals surface area contributed by atoms with Gasteiger partial charge in [0, 0.05) is 18.1 Å². The molecule has 0 aliphatic rings. The standard InChI is InChI=1S/C30H36ClN3O4S/c1-5-18-32-30(36)27(6-2)33(20-24-10-8-7-9-11-24)29(35)21-34(28-17-14-25(31)19-23(28)4)39(37,38)26-15-12-22(3)13-16-26/h7-17,19,27H,5-6,18,20-21H2,1-4H3,(H,32,36). The van der Waals surface area contributed by atoms with E-state index in [4.69, 9.17) is 11.6 Å². The molecule has 3 aromatic carbocycles. The second-order valence-electron chi connectivity index (χ2n) is 9.48. The van der Waals surface area contributed by atoms with Crippen LogP contribution in [-0.4, -0.2) is 44.3 Å². The third-order valence-corrected chi connectivity index (χ3v) is 8.46. The van der Waals surface area contributed by atoms with Crippen LogP contribution < -0.4 is 9.62 Å². The second kappa shape index (κ2) is 13.6. The van der Waals surface area contributed by atoms with Crippen LogP contribution in [-0.2, 0) is 26.2 Å². The molecular weight excluding hydrogens is 534 g/mol. The number of sulfonamides is 1. The van der Waals surface area contributed by atoms with Crippen molar-refractivity contribution in [1.29, 1.82) is 0 Å². The highest BCUT2D eigenvalue weighted by Crippen LogP contribution is 2.29. The maximum atomic E-state index is 14.0. The first-order valence-corrected chi connectivity index (χ1v) is 14.9. The van der Waals surface area contributed by atoms with Crippen LogP contribution in [0.15, 0.2) is 77.7 Å². The van der Waals surface area contributed by atoms with Gasteiger partial charge in [-0.15, -0.1) is 0 Å². The van der Waals surface area contributed by atoms with E-state index in [1.54, 1.807) is 37.3 Å². The van der Waals surface area contributed by atoms with Crippen LogP contribution in [0.4, 0.5) is 5.69 Å². The highest BCUT2D eigenvalue weighted by Gasteiger charge is 2.34. The first kappa shape index (κ1) is 30.2. The number of nitrogens with zero attached hydrogens (tertiary/aromatic N) is 2. The molecule has 0 heterocycles. The summed E-state index contributed by atoms with van der Waals surface area (Å²) in [6, 6.07) is 19.9. The lowest BCUT2D eigenvalue weighted by atomic mass is 10.1. The van der Waals surface area contributed by atoms with Crippen molar-refractivity contribution in [3.63, 3.8) is 0 Å². The summed E-state index contributed by atoms with van der Waals surface area (Å²) in [7, 11) is -4.13. The summed E-state index contributed by atoms with van der Waals surface area (Å²) in [5.41, 5.74) is 2.70. The molecule has 1 unspecified atom stereocenters. The van der Waals surface area contributed by atoms with Crippen LogP contribution in [0.2, 0.25) is 5.02 Å². The number of aryl methyl sites for hydroxylation is 2. The monoisotopic (exact) mass is 569 g/mol. The van der Waals surface area contributed by atoms with Crippen LogP contribution in [0.5, 0.6) is 0 Å². The van der Waals surface area contributed by atoms with Gasteiger partial charge in [-0.3, -0.25) is 13.9 Å². The molecule has 208 valence electrons. The van der Waals surface area contributed by atoms with Gasteiger partial charge in [0.15, 0.2) is 0 Å². The Labute approximate surface area is 236 Å². The Balaban J connectivity index is 2.07. The van der Waals surface area contributed by atoms with E-state index >= 15 is 0 Å². The quantitative estimate of drug-likeness (QED) is 0.313. The number of halogens is 1. The predicted octanol–water partition coefficient (Wildman–Crippen LogP) is 5.49. The average molecular weight is 570 g/mol. The zero-order valence-corrected chi connectivity index (χ0v) is 24.4. The molecule has 2 amide bonds. The summed E-state index contributed by atoms with van der Waals surface area (Å²) in [6.07, 6.45) is 1.13. The van der Waals surface area contributed by atoms with E-state index in [-0.39, 0.29) is 17.3 Å². The highest BCUT2D eigenvalue weighted by molar-refractivity contribution is 7.92. The Kier molecular flexibility index (Phi) is 10.5. The molecule has 3 rings (SSSR count). The predicted molar refractivity (Wildman–Crippen MR) is 156 cm³/mol. The average Bonchev–Trinajstić information content (AvgIpc) is 2.91. The summed E-state index contributed by atoms with van der Waals surface area (Å²) < 4.78 is 29.0. The molecule has 0 radical (unpaired) electrons. The smallest absolute Gasteiger partial charge is 0.264 e. The number of carbonyl (C=O) groups excluding carboxylic acids is 2. The molecule has 9 heteroatoms. The van der Waals surface area contributed by atoms with Crippen molar-refractivity contribution in [1.82, 2.24) is 10.2 Å². The zero-order valence-electron chi connectivity index (χ0n) is 22.9. The van der Waals surface area contributed by atoms with Gasteiger partial charge >= 0.3 is 0 Å². The third kappa shape index (κ3) is 7.61. The Morgan fingerprint density at radius 1 is 0.949 bits per heavy atom. The van der Waals surface area contributed by atoms with Gasteiger partial charge in [0.1, 0.15) is 12.6 Å². The topological polar surface area (TPSA) is 86.8 Å². The Bertz CT molecular complexity index is 1380. The molecule has 0 saturated carbocycles. The number of anilines is 1. The number of benzene rings is 3. The summed E-state index contributed by atoms with van der Waals surface area (Å²) in [4.78, 5) is 28.7. The molecule has 0 fully saturated rings. The van der Waals surface area contributed by atoms with Crippen molar-refractivity contribution in [2.24, 2.45) is 0 Å². The lowest BCUT2D eigenvalue weighted by Crippen LogP contribution is -2.52. The number of nitrogens with one attached hydrogen (secondary N) is 1. The molecule has 1 atom stereocenters. The summed E-state index contributed by atoms with van der Waals surface area (Å²) in [6.45, 7) is 7.58. The molecule has 39 heavy (non-hydrogen) atoms. The molecule has 0 aromatic heterocycles. The normalized spacial score (nSPS) is 12.0. The number of rotatable bonds is 12. The van der Waals surface area contributed by atoms with Crippen molar-refractivity contribution < 1.29 is 18.0 Å². The van der Waals surface area contributed by atoms with E-state index in [9.17, 15) is 18.0 Å². The molecule has 1 N–H and O–H groups in total. The minimum Gasteiger partial charge on any atom is -0.354 e. The largest absolute Gasteiger partial charge is 0.354 e. The van der Waals surface area contributed by atoms with E-state index in [0.29, 0.717) is 29.2 Å². The van der Waals surface area contributed by atoms with Crippen molar-refractivity contribution in [2.45, 2.75) is 58.0 Å². The van der Waals surface area contributed by atoms with Crippen LogP contribution in [0.25, 0.3) is 0 Å². The Hall–Kier alpha value is -3.36. The fourth-order valence-electron chi connectivity index (χ4n) is 4.32. The highest BCUT2D eigenvalue weighted by atomic mass is 35.5. The van der Waals surface area contributed by atoms with Gasteiger partial charge in [0.05, 0.1) is 10.6 Å². The van der Waals surface area contributed by atoms with Gasteiger partial charge in [0.25, 0.3) is 10.0 Å². The molecule has 3 aromatic rings. The van der Waals surface area contributed by atoms with Gasteiger partial charge in [-0.05, 0) is 68.1 Å². The van der Waals surface area contributed by atoms with Gasteiger partial charge in [-0.2, -0.15) is 0 Å². The Morgan fingerprint density at radius 2 is 1.62 bits per heavy atom. The van der Waals surface area contributed by atoms with Crippen LogP contribution in [0, 0.1) is 13.8 Å². The van der Waals surface area contributed by atoms with Crippen molar-refractivity contribution in [3.05, 3.63) is 94.5 Å². The Morgan fingerprint density at radius 3 is 2.21 bits per heavy atom. The molecule has 0 aliphatic carbocycles. The minimum absolute atomic E-state index is 0.0672. The summed E-state index contributed by atoms with van der Waals surface area (Å²) >= 11 is 6.17. The fraction of sp³-hybridized carbons (Fsp3) is 0.333. The van der Waals surface area contributed by atoms with Crippen LogP contribution in [0.1, 0.15) is 43.4 Å². The molecule has 0 saturated heterocycles. The SMILES string of the molecule is CCCNC(=O)C(CC)N(Cc1ccccc1)C(=O)CN(c1ccc(Cl)cc1C)S(=O)(=O)c1ccc(C)cc1. The number of amides is 2. The summed E-state index contributed by atoms with van der Waals surface area (Å²) in [5.74, 6) is -0.748. The molecule has 0 bridgehead atoms. The van der Waals surface area contributed by atoms with Gasteiger partial charge in [0.2, 0.25) is 11.8 Å². The van der Waals surface area contributed by atoms with E-state index in [1.807, 2.05) is 51.1 Å². The number of hydrogen-bond acceptors (Lipinski definition) is 4. The van der Waals surface area contributed by atoms with Crippen molar-refractivity contribution in [3.8, 4) is 0 Å².